The fourth-order valence-corrected chi connectivity index (χ4v) is 3.32. The molecule has 1 N–H and O–H groups in total. The van der Waals surface area contributed by atoms with Crippen LogP contribution in [0.15, 0.2) is 0 Å². The maximum absolute atomic E-state index is 9.67. The summed E-state index contributed by atoms with van der Waals surface area (Å²) in [5.41, 5.74) is 0. The van der Waals surface area contributed by atoms with Gasteiger partial charge in [-0.3, -0.25) is 0 Å². The molecule has 0 heterocycles. The first kappa shape index (κ1) is 25.9. The van der Waals surface area contributed by atoms with Gasteiger partial charge in [-0.15, -0.1) is 0 Å². The van der Waals surface area contributed by atoms with Crippen molar-refractivity contribution in [2.24, 2.45) is 0 Å². The second kappa shape index (κ2) is 21.2. The molecule has 0 saturated heterocycles. The molecular weight excluding hydrogens is 322 g/mol. The summed E-state index contributed by atoms with van der Waals surface area (Å²) in [7, 11) is 4.03. The van der Waals surface area contributed by atoms with Gasteiger partial charge in [0.05, 0.1) is 0 Å². The van der Waals surface area contributed by atoms with Gasteiger partial charge in [-0.25, -0.2) is 0 Å². The van der Waals surface area contributed by atoms with Crippen LogP contribution in [0.5, 0.6) is 0 Å². The van der Waals surface area contributed by atoms with Crippen LogP contribution in [-0.4, -0.2) is 43.5 Å². The van der Waals surface area contributed by atoms with Crippen LogP contribution in [0, 0.1) is 0 Å². The molecule has 1 unspecified atom stereocenters. The average Bonchev–Trinajstić information content (AvgIpc) is 2.62. The number of ether oxygens (including phenoxy) is 1. The molecule has 0 amide bonds. The second-order valence-electron chi connectivity index (χ2n) is 8.22. The Morgan fingerprint density at radius 1 is 0.654 bits per heavy atom. The molecule has 0 spiro atoms. The first-order chi connectivity index (χ1) is 12.7. The van der Waals surface area contributed by atoms with Crippen molar-refractivity contribution in [1.29, 1.82) is 0 Å². The molecule has 0 aliphatic carbocycles. The van der Waals surface area contributed by atoms with Gasteiger partial charge in [0, 0.05) is 19.6 Å². The lowest BCUT2D eigenvalue weighted by Crippen LogP contribution is -2.21. The van der Waals surface area contributed by atoms with Gasteiger partial charge in [0.15, 0.2) is 6.29 Å². The minimum atomic E-state index is -0.589. The van der Waals surface area contributed by atoms with Crippen molar-refractivity contribution in [3.63, 3.8) is 0 Å². The Morgan fingerprint density at radius 2 is 1.04 bits per heavy atom. The molecule has 0 aromatic rings. The fourth-order valence-electron chi connectivity index (χ4n) is 3.32. The van der Waals surface area contributed by atoms with E-state index in [1.807, 2.05) is 14.1 Å². The SMILES string of the molecule is CCCCCCCCCCCCCCCCCCOC(O)CCN(C)C. The number of unbranched alkanes of at least 4 members (excludes halogenated alkanes) is 15. The molecule has 158 valence electrons. The molecule has 1 atom stereocenters. The van der Waals surface area contributed by atoms with E-state index in [1.54, 1.807) is 0 Å². The number of aliphatic hydroxyl groups excluding tert-OH is 1. The van der Waals surface area contributed by atoms with E-state index in [9.17, 15) is 5.11 Å². The van der Waals surface area contributed by atoms with Gasteiger partial charge < -0.3 is 14.7 Å². The van der Waals surface area contributed by atoms with Gasteiger partial charge in [-0.2, -0.15) is 0 Å². The zero-order valence-corrected chi connectivity index (χ0v) is 18.3. The first-order valence-corrected chi connectivity index (χ1v) is 11.6. The van der Waals surface area contributed by atoms with Crippen LogP contribution >= 0.6 is 0 Å². The van der Waals surface area contributed by atoms with Crippen LogP contribution in [0.25, 0.3) is 0 Å². The van der Waals surface area contributed by atoms with E-state index in [1.165, 1.54) is 96.3 Å². The Morgan fingerprint density at radius 3 is 1.42 bits per heavy atom. The van der Waals surface area contributed by atoms with E-state index in [4.69, 9.17) is 4.74 Å². The summed E-state index contributed by atoms with van der Waals surface area (Å²) in [6, 6.07) is 0. The molecule has 0 bridgehead atoms. The lowest BCUT2D eigenvalue weighted by atomic mass is 10.0. The largest absolute Gasteiger partial charge is 0.368 e. The van der Waals surface area contributed by atoms with E-state index in [2.05, 4.69) is 11.8 Å². The average molecular weight is 372 g/mol. The van der Waals surface area contributed by atoms with Crippen LogP contribution in [0.4, 0.5) is 0 Å². The highest BCUT2D eigenvalue weighted by atomic mass is 16.6. The van der Waals surface area contributed by atoms with Gasteiger partial charge in [-0.05, 0) is 20.5 Å². The fraction of sp³-hybridized carbons (Fsp3) is 1.00. The number of rotatable bonds is 21. The van der Waals surface area contributed by atoms with Crippen LogP contribution in [0.2, 0.25) is 0 Å². The third kappa shape index (κ3) is 21.9. The number of hydrogen-bond donors (Lipinski definition) is 1. The van der Waals surface area contributed by atoms with Crippen molar-refractivity contribution in [1.82, 2.24) is 4.90 Å². The van der Waals surface area contributed by atoms with Gasteiger partial charge in [0.1, 0.15) is 0 Å². The van der Waals surface area contributed by atoms with Crippen LogP contribution < -0.4 is 0 Å². The lowest BCUT2D eigenvalue weighted by Gasteiger charge is -2.14. The summed E-state index contributed by atoms with van der Waals surface area (Å²) in [5, 5.41) is 9.67. The summed E-state index contributed by atoms with van der Waals surface area (Å²) in [4.78, 5) is 2.07. The maximum atomic E-state index is 9.67. The van der Waals surface area contributed by atoms with E-state index in [0.717, 1.165) is 13.0 Å². The van der Waals surface area contributed by atoms with Crippen LogP contribution in [-0.2, 0) is 4.74 Å². The molecule has 0 aliphatic heterocycles. The molecule has 0 radical (unpaired) electrons. The smallest absolute Gasteiger partial charge is 0.155 e. The molecule has 0 rings (SSSR count). The monoisotopic (exact) mass is 371 g/mol. The predicted octanol–water partition coefficient (Wildman–Crippen LogP) is 6.53. The molecule has 0 aliphatic rings. The summed E-state index contributed by atoms with van der Waals surface area (Å²) in [5.74, 6) is 0. The molecular formula is C23H49NO2. The van der Waals surface area contributed by atoms with Crippen molar-refractivity contribution in [2.45, 2.75) is 122 Å². The number of aliphatic hydroxyl groups is 1. The number of hydrogen-bond acceptors (Lipinski definition) is 3. The van der Waals surface area contributed by atoms with Crippen LogP contribution in [0.1, 0.15) is 116 Å². The standard InChI is InChI=1S/C23H49NO2/c1-4-5-6-7-8-9-10-11-12-13-14-15-16-17-18-19-22-26-23(25)20-21-24(2)3/h23,25H,4-22H2,1-3H3. The third-order valence-corrected chi connectivity index (χ3v) is 5.13. The molecule has 26 heavy (non-hydrogen) atoms. The normalized spacial score (nSPS) is 12.8. The maximum Gasteiger partial charge on any atom is 0.155 e. The molecule has 0 fully saturated rings. The van der Waals surface area contributed by atoms with Crippen molar-refractivity contribution < 1.29 is 9.84 Å². The Hall–Kier alpha value is -0.120. The Labute approximate surface area is 164 Å². The third-order valence-electron chi connectivity index (χ3n) is 5.13. The Bertz CT molecular complexity index is 259. The van der Waals surface area contributed by atoms with Crippen molar-refractivity contribution in [2.75, 3.05) is 27.2 Å². The Kier molecular flexibility index (Phi) is 21.1. The molecule has 0 saturated carbocycles. The minimum Gasteiger partial charge on any atom is -0.368 e. The highest BCUT2D eigenvalue weighted by molar-refractivity contribution is 4.51. The van der Waals surface area contributed by atoms with E-state index >= 15 is 0 Å². The summed E-state index contributed by atoms with van der Waals surface area (Å²) in [6.45, 7) is 3.86. The molecule has 3 nitrogen and oxygen atoms in total. The van der Waals surface area contributed by atoms with Gasteiger partial charge in [-0.1, -0.05) is 103 Å². The Balaban J connectivity index is 3.07. The van der Waals surface area contributed by atoms with Crippen molar-refractivity contribution in [3.8, 4) is 0 Å². The van der Waals surface area contributed by atoms with Gasteiger partial charge in [0.2, 0.25) is 0 Å². The predicted molar refractivity (Wildman–Crippen MR) is 115 cm³/mol. The highest BCUT2D eigenvalue weighted by Gasteiger charge is 2.04. The van der Waals surface area contributed by atoms with Crippen molar-refractivity contribution >= 4 is 0 Å². The molecule has 3 heteroatoms. The minimum absolute atomic E-state index is 0.589. The van der Waals surface area contributed by atoms with E-state index in [0.29, 0.717) is 13.0 Å². The van der Waals surface area contributed by atoms with E-state index in [-0.39, 0.29) is 0 Å². The zero-order chi connectivity index (χ0) is 19.3. The highest BCUT2D eigenvalue weighted by Crippen LogP contribution is 2.13. The van der Waals surface area contributed by atoms with Crippen molar-refractivity contribution in [3.05, 3.63) is 0 Å². The quantitative estimate of drug-likeness (QED) is 0.184. The summed E-state index contributed by atoms with van der Waals surface area (Å²) < 4.78 is 5.44. The first-order valence-electron chi connectivity index (χ1n) is 11.6. The van der Waals surface area contributed by atoms with E-state index < -0.39 is 6.29 Å². The summed E-state index contributed by atoms with van der Waals surface area (Å²) >= 11 is 0. The number of nitrogens with zero attached hydrogens (tertiary/aromatic N) is 1. The second-order valence-corrected chi connectivity index (χ2v) is 8.22. The topological polar surface area (TPSA) is 32.7 Å². The summed E-state index contributed by atoms with van der Waals surface area (Å²) in [6.07, 6.45) is 22.3. The zero-order valence-electron chi connectivity index (χ0n) is 18.3. The van der Waals surface area contributed by atoms with Crippen LogP contribution in [0.3, 0.4) is 0 Å². The molecule has 0 aromatic heterocycles. The lowest BCUT2D eigenvalue weighted by molar-refractivity contribution is -0.106. The van der Waals surface area contributed by atoms with Gasteiger partial charge >= 0.3 is 0 Å². The van der Waals surface area contributed by atoms with Gasteiger partial charge in [0.25, 0.3) is 0 Å². The molecule has 0 aromatic carbocycles.